The molecular formula is C16H23NO2. The summed E-state index contributed by atoms with van der Waals surface area (Å²) in [4.78, 5) is 0. The van der Waals surface area contributed by atoms with Gasteiger partial charge in [0.1, 0.15) is 5.75 Å². The monoisotopic (exact) mass is 261 g/mol. The lowest BCUT2D eigenvalue weighted by Crippen LogP contribution is -2.26. The van der Waals surface area contributed by atoms with Crippen LogP contribution >= 0.6 is 0 Å². The maximum atomic E-state index is 5.95. The van der Waals surface area contributed by atoms with Gasteiger partial charge in [-0.1, -0.05) is 6.07 Å². The molecule has 0 aromatic heterocycles. The van der Waals surface area contributed by atoms with E-state index in [9.17, 15) is 0 Å². The summed E-state index contributed by atoms with van der Waals surface area (Å²) in [5.41, 5.74) is 2.47. The van der Waals surface area contributed by atoms with Crippen molar-refractivity contribution in [3.63, 3.8) is 0 Å². The zero-order valence-corrected chi connectivity index (χ0v) is 11.8. The minimum Gasteiger partial charge on any atom is -0.496 e. The first-order valence-electron chi connectivity index (χ1n) is 7.27. The van der Waals surface area contributed by atoms with E-state index in [1.54, 1.807) is 7.11 Å². The van der Waals surface area contributed by atoms with Gasteiger partial charge in [0.15, 0.2) is 0 Å². The molecule has 0 bridgehead atoms. The SMILES string of the molecule is COc1ccc(C2OCCC2CNC2CC2)cc1C. The molecule has 2 atom stereocenters. The third-order valence-corrected chi connectivity index (χ3v) is 4.21. The Morgan fingerprint density at radius 1 is 1.32 bits per heavy atom. The van der Waals surface area contributed by atoms with Crippen LogP contribution in [0.15, 0.2) is 18.2 Å². The Balaban J connectivity index is 1.70. The second kappa shape index (κ2) is 5.51. The molecule has 0 radical (unpaired) electrons. The minimum absolute atomic E-state index is 0.246. The minimum atomic E-state index is 0.246. The summed E-state index contributed by atoms with van der Waals surface area (Å²) in [5.74, 6) is 1.56. The lowest BCUT2D eigenvalue weighted by Gasteiger charge is -2.20. The van der Waals surface area contributed by atoms with Crippen LogP contribution in [-0.4, -0.2) is 26.3 Å². The molecule has 1 saturated carbocycles. The molecule has 3 nitrogen and oxygen atoms in total. The van der Waals surface area contributed by atoms with Crippen LogP contribution in [0.25, 0.3) is 0 Å². The highest BCUT2D eigenvalue weighted by Crippen LogP contribution is 2.36. The van der Waals surface area contributed by atoms with Gasteiger partial charge in [0.25, 0.3) is 0 Å². The van der Waals surface area contributed by atoms with Gasteiger partial charge in [-0.05, 0) is 49.4 Å². The number of methoxy groups -OCH3 is 1. The van der Waals surface area contributed by atoms with E-state index in [1.807, 2.05) is 0 Å². The second-order valence-electron chi connectivity index (χ2n) is 5.75. The maximum Gasteiger partial charge on any atom is 0.121 e. The first kappa shape index (κ1) is 12.9. The molecule has 1 saturated heterocycles. The third-order valence-electron chi connectivity index (χ3n) is 4.21. The highest BCUT2D eigenvalue weighted by molar-refractivity contribution is 5.37. The van der Waals surface area contributed by atoms with Crippen molar-refractivity contribution >= 4 is 0 Å². The molecule has 0 amide bonds. The van der Waals surface area contributed by atoms with Crippen LogP contribution in [0, 0.1) is 12.8 Å². The van der Waals surface area contributed by atoms with Gasteiger partial charge in [-0.3, -0.25) is 0 Å². The number of rotatable bonds is 5. The van der Waals surface area contributed by atoms with E-state index in [2.05, 4.69) is 30.4 Å². The van der Waals surface area contributed by atoms with Crippen molar-refractivity contribution in [3.05, 3.63) is 29.3 Å². The van der Waals surface area contributed by atoms with Crippen LogP contribution in [0.2, 0.25) is 0 Å². The van der Waals surface area contributed by atoms with Gasteiger partial charge in [0, 0.05) is 25.1 Å². The Kier molecular flexibility index (Phi) is 3.76. The van der Waals surface area contributed by atoms with Crippen molar-refractivity contribution in [2.24, 2.45) is 5.92 Å². The molecular weight excluding hydrogens is 238 g/mol. The summed E-state index contributed by atoms with van der Waals surface area (Å²) < 4.78 is 11.3. The normalized spacial score (nSPS) is 26.6. The van der Waals surface area contributed by atoms with Crippen LogP contribution in [0.1, 0.15) is 36.5 Å². The van der Waals surface area contributed by atoms with Gasteiger partial charge in [-0.2, -0.15) is 0 Å². The number of aryl methyl sites for hydroxylation is 1. The van der Waals surface area contributed by atoms with Crippen molar-refractivity contribution < 1.29 is 9.47 Å². The maximum absolute atomic E-state index is 5.95. The van der Waals surface area contributed by atoms with Gasteiger partial charge in [-0.15, -0.1) is 0 Å². The molecule has 2 unspecified atom stereocenters. The van der Waals surface area contributed by atoms with Crippen LogP contribution in [-0.2, 0) is 4.74 Å². The Morgan fingerprint density at radius 3 is 2.84 bits per heavy atom. The second-order valence-corrected chi connectivity index (χ2v) is 5.75. The third kappa shape index (κ3) is 2.93. The fourth-order valence-corrected chi connectivity index (χ4v) is 2.90. The van der Waals surface area contributed by atoms with Gasteiger partial charge >= 0.3 is 0 Å². The van der Waals surface area contributed by atoms with E-state index in [4.69, 9.17) is 9.47 Å². The quantitative estimate of drug-likeness (QED) is 0.884. The van der Waals surface area contributed by atoms with Crippen molar-refractivity contribution in [2.75, 3.05) is 20.3 Å². The smallest absolute Gasteiger partial charge is 0.121 e. The van der Waals surface area contributed by atoms with E-state index in [-0.39, 0.29) is 6.10 Å². The summed E-state index contributed by atoms with van der Waals surface area (Å²) in [6.45, 7) is 4.06. The molecule has 2 aliphatic rings. The molecule has 1 heterocycles. The average molecular weight is 261 g/mol. The lowest BCUT2D eigenvalue weighted by molar-refractivity contribution is 0.0903. The van der Waals surface area contributed by atoms with E-state index in [1.165, 1.54) is 24.0 Å². The summed E-state index contributed by atoms with van der Waals surface area (Å²) in [6, 6.07) is 7.18. The fourth-order valence-electron chi connectivity index (χ4n) is 2.90. The molecule has 3 rings (SSSR count). The predicted molar refractivity (Wildman–Crippen MR) is 75.6 cm³/mol. The van der Waals surface area contributed by atoms with Crippen LogP contribution < -0.4 is 10.1 Å². The number of nitrogens with one attached hydrogen (secondary N) is 1. The molecule has 104 valence electrons. The summed E-state index contributed by atoms with van der Waals surface area (Å²) in [5, 5.41) is 3.63. The summed E-state index contributed by atoms with van der Waals surface area (Å²) >= 11 is 0. The molecule has 1 N–H and O–H groups in total. The zero-order chi connectivity index (χ0) is 13.2. The van der Waals surface area contributed by atoms with Gasteiger partial charge < -0.3 is 14.8 Å². The first-order chi connectivity index (χ1) is 9.28. The standard InChI is InChI=1S/C16H23NO2/c1-11-9-12(3-6-15(11)18-2)16-13(7-8-19-16)10-17-14-4-5-14/h3,6,9,13-14,16-17H,4-5,7-8,10H2,1-2H3. The molecule has 1 aliphatic heterocycles. The van der Waals surface area contributed by atoms with Crippen LogP contribution in [0.5, 0.6) is 5.75 Å². The Labute approximate surface area is 115 Å². The Morgan fingerprint density at radius 2 is 2.16 bits per heavy atom. The zero-order valence-electron chi connectivity index (χ0n) is 11.8. The molecule has 0 spiro atoms. The number of hydrogen-bond donors (Lipinski definition) is 1. The highest BCUT2D eigenvalue weighted by atomic mass is 16.5. The van der Waals surface area contributed by atoms with Crippen molar-refractivity contribution in [3.8, 4) is 5.75 Å². The topological polar surface area (TPSA) is 30.5 Å². The van der Waals surface area contributed by atoms with Gasteiger partial charge in [0.05, 0.1) is 13.2 Å². The van der Waals surface area contributed by atoms with Crippen LogP contribution in [0.3, 0.4) is 0 Å². The number of ether oxygens (including phenoxy) is 2. The highest BCUT2D eigenvalue weighted by Gasteiger charge is 2.31. The molecule has 19 heavy (non-hydrogen) atoms. The summed E-state index contributed by atoms with van der Waals surface area (Å²) in [6.07, 6.45) is 4.10. The van der Waals surface area contributed by atoms with E-state index in [0.29, 0.717) is 5.92 Å². The van der Waals surface area contributed by atoms with Crippen molar-refractivity contribution in [2.45, 2.75) is 38.3 Å². The average Bonchev–Trinajstić information content (AvgIpc) is 3.13. The lowest BCUT2D eigenvalue weighted by atomic mass is 9.94. The van der Waals surface area contributed by atoms with E-state index >= 15 is 0 Å². The van der Waals surface area contributed by atoms with E-state index in [0.717, 1.165) is 31.4 Å². The van der Waals surface area contributed by atoms with E-state index < -0.39 is 0 Å². The van der Waals surface area contributed by atoms with Gasteiger partial charge in [0.2, 0.25) is 0 Å². The van der Waals surface area contributed by atoms with Crippen molar-refractivity contribution in [1.82, 2.24) is 5.32 Å². The molecule has 1 aromatic carbocycles. The van der Waals surface area contributed by atoms with Crippen molar-refractivity contribution in [1.29, 1.82) is 0 Å². The first-order valence-corrected chi connectivity index (χ1v) is 7.27. The Hall–Kier alpha value is -1.06. The molecule has 3 heteroatoms. The molecule has 1 aromatic rings. The summed E-state index contributed by atoms with van der Waals surface area (Å²) in [7, 11) is 1.72. The number of hydrogen-bond acceptors (Lipinski definition) is 3. The Bertz CT molecular complexity index is 442. The fraction of sp³-hybridized carbons (Fsp3) is 0.625. The van der Waals surface area contributed by atoms with Crippen LogP contribution in [0.4, 0.5) is 0 Å². The largest absolute Gasteiger partial charge is 0.496 e. The molecule has 1 aliphatic carbocycles. The number of benzene rings is 1. The molecule has 2 fully saturated rings. The predicted octanol–water partition coefficient (Wildman–Crippen LogP) is 2.83. The van der Waals surface area contributed by atoms with Gasteiger partial charge in [-0.25, -0.2) is 0 Å².